The van der Waals surface area contributed by atoms with E-state index in [1.165, 1.54) is 76.3 Å². The Bertz CT molecular complexity index is 1490. The van der Waals surface area contributed by atoms with Gasteiger partial charge < -0.3 is 15.3 Å². The summed E-state index contributed by atoms with van der Waals surface area (Å²) in [5.41, 5.74) is 2.93. The molecule has 0 unspecified atom stereocenters. The van der Waals surface area contributed by atoms with Gasteiger partial charge in [-0.1, -0.05) is 80.4 Å². The van der Waals surface area contributed by atoms with E-state index in [2.05, 4.69) is 79.4 Å². The van der Waals surface area contributed by atoms with Crippen molar-refractivity contribution >= 4 is 0 Å². The van der Waals surface area contributed by atoms with Crippen molar-refractivity contribution < 1.29 is 15.3 Å². The zero-order chi connectivity index (χ0) is 35.0. The molecule has 2 aromatic rings. The Morgan fingerprint density at radius 3 is 2.22 bits per heavy atom. The van der Waals surface area contributed by atoms with E-state index in [1.54, 1.807) is 5.56 Å². The lowest BCUT2D eigenvalue weighted by Crippen LogP contribution is -2.67. The molecule has 4 nitrogen and oxygen atoms in total. The maximum Gasteiger partial charge on any atom is 0.0805 e. The molecule has 2 aliphatic heterocycles. The number of piperidine rings is 2. The summed E-state index contributed by atoms with van der Waals surface area (Å²) in [6.07, 6.45) is 18.4. The van der Waals surface area contributed by atoms with Crippen molar-refractivity contribution in [1.82, 2.24) is 4.90 Å². The first-order valence-corrected chi connectivity index (χ1v) is 21.6. The maximum atomic E-state index is 12.5. The van der Waals surface area contributed by atoms with Crippen LogP contribution in [0.1, 0.15) is 134 Å². The summed E-state index contributed by atoms with van der Waals surface area (Å²) in [4.78, 5) is 2.80. The summed E-state index contributed by atoms with van der Waals surface area (Å²) in [7, 11) is 0. The number of rotatable bonds is 7. The Labute approximate surface area is 308 Å². The van der Waals surface area contributed by atoms with Gasteiger partial charge in [0, 0.05) is 19.1 Å². The molecule has 2 heterocycles. The second-order valence-electron chi connectivity index (χ2n) is 19.9. The average molecular weight is 694 g/mol. The van der Waals surface area contributed by atoms with E-state index in [-0.39, 0.29) is 23.5 Å². The van der Waals surface area contributed by atoms with Gasteiger partial charge >= 0.3 is 0 Å². The Morgan fingerprint density at radius 2 is 1.45 bits per heavy atom. The van der Waals surface area contributed by atoms with Crippen LogP contribution in [0.4, 0.5) is 0 Å². The van der Waals surface area contributed by atoms with Gasteiger partial charge in [0.2, 0.25) is 0 Å². The fourth-order valence-electron chi connectivity index (χ4n) is 15.2. The van der Waals surface area contributed by atoms with Crippen LogP contribution >= 0.6 is 0 Å². The lowest BCUT2D eigenvalue weighted by atomic mass is 9.51. The quantitative estimate of drug-likeness (QED) is 0.271. The molecule has 7 aliphatic rings. The van der Waals surface area contributed by atoms with Gasteiger partial charge in [-0.15, -0.1) is 0 Å². The second kappa shape index (κ2) is 13.5. The largest absolute Gasteiger partial charge is 0.393 e. The highest BCUT2D eigenvalue weighted by Gasteiger charge is 2.64. The predicted molar refractivity (Wildman–Crippen MR) is 205 cm³/mol. The van der Waals surface area contributed by atoms with Crippen molar-refractivity contribution in [1.29, 1.82) is 0 Å². The second-order valence-corrected chi connectivity index (χ2v) is 19.9. The minimum Gasteiger partial charge on any atom is -0.393 e. The van der Waals surface area contributed by atoms with Gasteiger partial charge in [-0.2, -0.15) is 0 Å². The van der Waals surface area contributed by atoms with Crippen LogP contribution in [0.2, 0.25) is 0 Å². The zero-order valence-corrected chi connectivity index (χ0v) is 31.7. The molecular weight excluding hydrogens is 627 g/mol. The number of aliphatic hydroxyl groups excluding tert-OH is 2. The molecule has 0 spiro atoms. The van der Waals surface area contributed by atoms with Crippen LogP contribution in [-0.2, 0) is 5.41 Å². The molecule has 5 aliphatic carbocycles. The highest BCUT2D eigenvalue weighted by atomic mass is 16.3. The number of benzene rings is 2. The fourth-order valence-corrected chi connectivity index (χ4v) is 15.2. The summed E-state index contributed by atoms with van der Waals surface area (Å²) in [5.74, 6) is 5.15. The molecule has 51 heavy (non-hydrogen) atoms. The van der Waals surface area contributed by atoms with Gasteiger partial charge in [-0.3, -0.25) is 4.90 Å². The van der Waals surface area contributed by atoms with E-state index < -0.39 is 5.60 Å². The molecule has 278 valence electrons. The summed E-state index contributed by atoms with van der Waals surface area (Å²) in [5, 5.41) is 34.5. The molecule has 7 fully saturated rings. The lowest BCUT2D eigenvalue weighted by Gasteiger charge is -2.60. The van der Waals surface area contributed by atoms with Crippen molar-refractivity contribution in [3.63, 3.8) is 0 Å². The Hall–Kier alpha value is -1.72. The number of aliphatic hydroxyl groups is 3. The molecule has 14 atom stereocenters. The number of fused-ring (bicyclic) bond motifs is 8. The monoisotopic (exact) mass is 694 g/mol. The molecule has 5 saturated carbocycles. The first-order valence-electron chi connectivity index (χ1n) is 21.6. The van der Waals surface area contributed by atoms with Crippen LogP contribution in [0.25, 0.3) is 0 Å². The highest BCUT2D eigenvalue weighted by Crippen LogP contribution is 2.67. The predicted octanol–water partition coefficient (Wildman–Crippen LogP) is 9.12. The summed E-state index contributed by atoms with van der Waals surface area (Å²) < 4.78 is 0. The molecule has 2 saturated heterocycles. The van der Waals surface area contributed by atoms with Crippen LogP contribution in [0.15, 0.2) is 60.7 Å². The van der Waals surface area contributed by atoms with Crippen molar-refractivity contribution in [3.05, 3.63) is 71.8 Å². The van der Waals surface area contributed by atoms with Gasteiger partial charge in [0.25, 0.3) is 0 Å². The minimum atomic E-state index is -0.620. The van der Waals surface area contributed by atoms with Gasteiger partial charge in [0.1, 0.15) is 0 Å². The van der Waals surface area contributed by atoms with Crippen molar-refractivity contribution in [2.24, 2.45) is 52.8 Å². The Kier molecular flexibility index (Phi) is 9.29. The van der Waals surface area contributed by atoms with Crippen molar-refractivity contribution in [2.75, 3.05) is 13.1 Å². The minimum absolute atomic E-state index is 0.150. The first-order chi connectivity index (χ1) is 24.7. The topological polar surface area (TPSA) is 63.9 Å². The molecule has 4 heteroatoms. The average Bonchev–Trinajstić information content (AvgIpc) is 3.78. The van der Waals surface area contributed by atoms with Crippen LogP contribution < -0.4 is 0 Å². The summed E-state index contributed by atoms with van der Waals surface area (Å²) in [6, 6.07) is 23.2. The third kappa shape index (κ3) is 6.00. The summed E-state index contributed by atoms with van der Waals surface area (Å²) in [6.45, 7) is 7.03. The molecule has 3 N–H and O–H groups in total. The van der Waals surface area contributed by atoms with Crippen molar-refractivity contribution in [2.45, 2.75) is 152 Å². The lowest BCUT2D eigenvalue weighted by molar-refractivity contribution is -0.177. The highest BCUT2D eigenvalue weighted by molar-refractivity contribution is 5.29. The third-order valence-corrected chi connectivity index (χ3v) is 17.7. The molecule has 0 aromatic heterocycles. The SMILES string of the molecule is C[C@]1(O)[C@@H]2CC[C@@H]3[C@@H](C[C@H]4[C@@H]3C[C@H](O)[C@H]3C[C@@H](O)CC[C@@]34C)[C@@H]2CN2C[C@@H](CC[C@H](CC3(c4ccccc4)CCCC3)c3ccccc3)CC[C@H]21. The van der Waals surface area contributed by atoms with Gasteiger partial charge in [-0.05, 0) is 172 Å². The standard InChI is InChI=1S/C47H67NO3/c1-45-24-21-35(49)25-42(45)43(50)27-38-36-18-19-40-39(37(36)26-41(38)45)30-48-29-31(16-20-44(48)46(40,2)51)15-17-33(32-11-5-3-6-12-32)28-47(22-9-10-23-47)34-13-7-4-8-14-34/h3-8,11-14,31,33,35-44,49-51H,9-10,15-30H2,1-2H3/t31-,33+,35-,36+,37+,38+,39-,40+,41-,42+,43-,44-,45+,46-/m0/s1. The van der Waals surface area contributed by atoms with E-state index in [0.717, 1.165) is 45.1 Å². The fraction of sp³-hybridized carbons (Fsp3) is 0.745. The van der Waals surface area contributed by atoms with Gasteiger partial charge in [-0.25, -0.2) is 0 Å². The molecule has 0 bridgehead atoms. The van der Waals surface area contributed by atoms with Crippen LogP contribution in [0.5, 0.6) is 0 Å². The normalized spacial score (nSPS) is 45.2. The van der Waals surface area contributed by atoms with Gasteiger partial charge in [0.05, 0.1) is 17.8 Å². The summed E-state index contributed by atoms with van der Waals surface area (Å²) >= 11 is 0. The number of hydrogen-bond acceptors (Lipinski definition) is 4. The molecule has 9 rings (SSSR count). The number of hydrogen-bond donors (Lipinski definition) is 3. The van der Waals surface area contributed by atoms with E-state index in [0.29, 0.717) is 58.8 Å². The van der Waals surface area contributed by atoms with Crippen LogP contribution in [0, 0.1) is 52.8 Å². The van der Waals surface area contributed by atoms with E-state index in [4.69, 9.17) is 0 Å². The van der Waals surface area contributed by atoms with E-state index in [1.807, 2.05) is 0 Å². The number of nitrogens with zero attached hydrogens (tertiary/aromatic N) is 1. The van der Waals surface area contributed by atoms with Crippen molar-refractivity contribution in [3.8, 4) is 0 Å². The Balaban J connectivity index is 0.914. The van der Waals surface area contributed by atoms with Crippen LogP contribution in [0.3, 0.4) is 0 Å². The molecular formula is C47H67NO3. The molecule has 0 amide bonds. The maximum absolute atomic E-state index is 12.5. The molecule has 2 aromatic carbocycles. The zero-order valence-electron chi connectivity index (χ0n) is 31.7. The molecule has 0 radical (unpaired) electrons. The smallest absolute Gasteiger partial charge is 0.0805 e. The van der Waals surface area contributed by atoms with Crippen LogP contribution in [-0.4, -0.2) is 57.2 Å². The van der Waals surface area contributed by atoms with E-state index >= 15 is 0 Å². The first kappa shape index (κ1) is 35.0. The third-order valence-electron chi connectivity index (χ3n) is 17.7. The van der Waals surface area contributed by atoms with E-state index in [9.17, 15) is 15.3 Å². The van der Waals surface area contributed by atoms with Gasteiger partial charge in [0.15, 0.2) is 0 Å². The Morgan fingerprint density at radius 1 is 0.706 bits per heavy atom.